The number of ether oxygens (including phenoxy) is 1. The average Bonchev–Trinajstić information content (AvgIpc) is 2.40. The zero-order valence-electron chi connectivity index (χ0n) is 9.84. The first-order valence-corrected chi connectivity index (χ1v) is 5.69. The van der Waals surface area contributed by atoms with Crippen LogP contribution in [0.5, 0.6) is 5.75 Å². The van der Waals surface area contributed by atoms with Crippen LogP contribution < -0.4 is 10.5 Å². The molecule has 1 aromatic carbocycles. The number of pyridine rings is 1. The van der Waals surface area contributed by atoms with Crippen LogP contribution in [0, 0.1) is 0 Å². The van der Waals surface area contributed by atoms with Gasteiger partial charge in [-0.25, -0.2) is 0 Å². The Morgan fingerprint density at radius 1 is 1.24 bits per heavy atom. The summed E-state index contributed by atoms with van der Waals surface area (Å²) >= 11 is 0. The van der Waals surface area contributed by atoms with Gasteiger partial charge in [0.05, 0.1) is 12.6 Å². The predicted molar refractivity (Wildman–Crippen MR) is 67.9 cm³/mol. The number of hydrogen-bond acceptors (Lipinski definition) is 3. The molecule has 88 valence electrons. The van der Waals surface area contributed by atoms with Crippen LogP contribution in [0.4, 0.5) is 0 Å². The smallest absolute Gasteiger partial charge is 0.119 e. The molecule has 0 bridgehead atoms. The normalized spacial score (nSPS) is 12.1. The second-order valence-electron chi connectivity index (χ2n) is 3.77. The van der Waals surface area contributed by atoms with E-state index in [1.54, 1.807) is 12.4 Å². The third kappa shape index (κ3) is 2.82. The number of aromatic nitrogens is 1. The molecular formula is C14H16N2O. The number of rotatable bonds is 4. The maximum absolute atomic E-state index is 6.19. The Kier molecular flexibility index (Phi) is 3.73. The van der Waals surface area contributed by atoms with E-state index in [9.17, 15) is 0 Å². The summed E-state index contributed by atoms with van der Waals surface area (Å²) in [7, 11) is 0. The predicted octanol–water partition coefficient (Wildman–Crippen LogP) is 2.53. The molecule has 2 rings (SSSR count). The lowest BCUT2D eigenvalue weighted by Crippen LogP contribution is -2.12. The van der Waals surface area contributed by atoms with Gasteiger partial charge >= 0.3 is 0 Å². The molecule has 1 aromatic heterocycles. The third-order valence-corrected chi connectivity index (χ3v) is 2.57. The monoisotopic (exact) mass is 228 g/mol. The molecule has 2 aromatic rings. The SMILES string of the molecule is CCOc1cccc(C(N)c2cccnc2)c1. The summed E-state index contributed by atoms with van der Waals surface area (Å²) in [4.78, 5) is 4.08. The van der Waals surface area contributed by atoms with Gasteiger partial charge in [0.1, 0.15) is 5.75 Å². The van der Waals surface area contributed by atoms with Gasteiger partial charge in [-0.2, -0.15) is 0 Å². The van der Waals surface area contributed by atoms with E-state index >= 15 is 0 Å². The van der Waals surface area contributed by atoms with Crippen LogP contribution in [-0.4, -0.2) is 11.6 Å². The molecule has 0 fully saturated rings. The van der Waals surface area contributed by atoms with E-state index in [0.29, 0.717) is 6.61 Å². The van der Waals surface area contributed by atoms with Gasteiger partial charge in [0.2, 0.25) is 0 Å². The van der Waals surface area contributed by atoms with Crippen molar-refractivity contribution in [3.8, 4) is 5.75 Å². The molecule has 0 aliphatic rings. The fraction of sp³-hybridized carbons (Fsp3) is 0.214. The molecule has 3 heteroatoms. The average molecular weight is 228 g/mol. The highest BCUT2D eigenvalue weighted by Crippen LogP contribution is 2.22. The molecular weight excluding hydrogens is 212 g/mol. The summed E-state index contributed by atoms with van der Waals surface area (Å²) in [6, 6.07) is 11.6. The molecule has 0 aliphatic heterocycles. The van der Waals surface area contributed by atoms with Crippen molar-refractivity contribution < 1.29 is 4.74 Å². The Morgan fingerprint density at radius 2 is 2.06 bits per heavy atom. The summed E-state index contributed by atoms with van der Waals surface area (Å²) < 4.78 is 5.46. The molecule has 3 nitrogen and oxygen atoms in total. The molecule has 17 heavy (non-hydrogen) atoms. The molecule has 0 radical (unpaired) electrons. The summed E-state index contributed by atoms with van der Waals surface area (Å²) in [5.74, 6) is 0.851. The fourth-order valence-electron chi connectivity index (χ4n) is 1.72. The van der Waals surface area contributed by atoms with Crippen LogP contribution >= 0.6 is 0 Å². The first kappa shape index (κ1) is 11.6. The lowest BCUT2D eigenvalue weighted by atomic mass is 10.0. The zero-order valence-corrected chi connectivity index (χ0v) is 9.84. The van der Waals surface area contributed by atoms with Crippen LogP contribution in [0.15, 0.2) is 48.8 Å². The number of hydrogen-bond donors (Lipinski definition) is 1. The van der Waals surface area contributed by atoms with E-state index in [1.807, 2.05) is 43.3 Å². The summed E-state index contributed by atoms with van der Waals surface area (Å²) in [6.45, 7) is 2.62. The molecule has 2 N–H and O–H groups in total. The van der Waals surface area contributed by atoms with Crippen LogP contribution in [0.1, 0.15) is 24.1 Å². The van der Waals surface area contributed by atoms with Gasteiger partial charge in [-0.3, -0.25) is 4.98 Å². The van der Waals surface area contributed by atoms with Crippen molar-refractivity contribution in [2.75, 3.05) is 6.61 Å². The Hall–Kier alpha value is -1.87. The van der Waals surface area contributed by atoms with Gasteiger partial charge in [0, 0.05) is 12.4 Å². The highest BCUT2D eigenvalue weighted by atomic mass is 16.5. The van der Waals surface area contributed by atoms with E-state index < -0.39 is 0 Å². The Morgan fingerprint density at radius 3 is 2.76 bits per heavy atom. The molecule has 1 heterocycles. The lowest BCUT2D eigenvalue weighted by molar-refractivity contribution is 0.340. The van der Waals surface area contributed by atoms with E-state index in [-0.39, 0.29) is 6.04 Å². The summed E-state index contributed by atoms with van der Waals surface area (Å²) in [5, 5.41) is 0. The summed E-state index contributed by atoms with van der Waals surface area (Å²) in [6.07, 6.45) is 3.53. The van der Waals surface area contributed by atoms with Crippen LogP contribution in [0.2, 0.25) is 0 Å². The van der Waals surface area contributed by atoms with Gasteiger partial charge in [0.15, 0.2) is 0 Å². The van der Waals surface area contributed by atoms with Crippen molar-refractivity contribution in [2.24, 2.45) is 5.73 Å². The first-order chi connectivity index (χ1) is 8.31. The van der Waals surface area contributed by atoms with Gasteiger partial charge in [-0.15, -0.1) is 0 Å². The minimum Gasteiger partial charge on any atom is -0.494 e. The Bertz CT molecular complexity index is 471. The van der Waals surface area contributed by atoms with Gasteiger partial charge < -0.3 is 10.5 Å². The minimum absolute atomic E-state index is 0.163. The van der Waals surface area contributed by atoms with Crippen molar-refractivity contribution in [3.63, 3.8) is 0 Å². The zero-order chi connectivity index (χ0) is 12.1. The number of benzene rings is 1. The maximum Gasteiger partial charge on any atom is 0.119 e. The van der Waals surface area contributed by atoms with E-state index in [0.717, 1.165) is 16.9 Å². The van der Waals surface area contributed by atoms with Crippen molar-refractivity contribution in [1.29, 1.82) is 0 Å². The van der Waals surface area contributed by atoms with Gasteiger partial charge in [-0.1, -0.05) is 18.2 Å². The molecule has 0 spiro atoms. The van der Waals surface area contributed by atoms with Crippen molar-refractivity contribution in [1.82, 2.24) is 4.98 Å². The van der Waals surface area contributed by atoms with Crippen molar-refractivity contribution >= 4 is 0 Å². The second-order valence-corrected chi connectivity index (χ2v) is 3.77. The quantitative estimate of drug-likeness (QED) is 0.874. The van der Waals surface area contributed by atoms with E-state index in [2.05, 4.69) is 4.98 Å². The van der Waals surface area contributed by atoms with Crippen molar-refractivity contribution in [2.45, 2.75) is 13.0 Å². The van der Waals surface area contributed by atoms with Crippen molar-refractivity contribution in [3.05, 3.63) is 59.9 Å². The second kappa shape index (κ2) is 5.46. The lowest BCUT2D eigenvalue weighted by Gasteiger charge is -2.13. The molecule has 1 unspecified atom stereocenters. The molecule has 0 saturated carbocycles. The van der Waals surface area contributed by atoms with Gasteiger partial charge in [0.25, 0.3) is 0 Å². The first-order valence-electron chi connectivity index (χ1n) is 5.69. The number of nitrogens with zero attached hydrogens (tertiary/aromatic N) is 1. The Labute approximate surface area is 101 Å². The largest absolute Gasteiger partial charge is 0.494 e. The third-order valence-electron chi connectivity index (χ3n) is 2.57. The minimum atomic E-state index is -0.163. The highest BCUT2D eigenvalue weighted by molar-refractivity contribution is 5.35. The fourth-order valence-corrected chi connectivity index (χ4v) is 1.72. The standard InChI is InChI=1S/C14H16N2O/c1-2-17-13-7-3-5-11(9-13)14(15)12-6-4-8-16-10-12/h3-10,14H,2,15H2,1H3. The Balaban J connectivity index is 2.25. The molecule has 0 amide bonds. The maximum atomic E-state index is 6.19. The summed E-state index contributed by atoms with van der Waals surface area (Å²) in [5.41, 5.74) is 8.22. The van der Waals surface area contributed by atoms with Crippen LogP contribution in [-0.2, 0) is 0 Å². The molecule has 0 aliphatic carbocycles. The number of nitrogens with two attached hydrogens (primary N) is 1. The van der Waals surface area contributed by atoms with Crippen LogP contribution in [0.25, 0.3) is 0 Å². The molecule has 0 saturated heterocycles. The van der Waals surface area contributed by atoms with E-state index in [1.165, 1.54) is 0 Å². The highest BCUT2D eigenvalue weighted by Gasteiger charge is 2.09. The van der Waals surface area contributed by atoms with Gasteiger partial charge in [-0.05, 0) is 36.2 Å². The molecule has 1 atom stereocenters. The van der Waals surface area contributed by atoms with Crippen LogP contribution in [0.3, 0.4) is 0 Å². The topological polar surface area (TPSA) is 48.1 Å². The van der Waals surface area contributed by atoms with E-state index in [4.69, 9.17) is 10.5 Å².